The summed E-state index contributed by atoms with van der Waals surface area (Å²) < 4.78 is 1.40. The second-order valence-corrected chi connectivity index (χ2v) is 5.81. The van der Waals surface area contributed by atoms with Crippen LogP contribution in [0.3, 0.4) is 0 Å². The molecule has 0 aliphatic rings. The minimum absolute atomic E-state index is 0.139. The van der Waals surface area contributed by atoms with Gasteiger partial charge in [0.25, 0.3) is 5.56 Å². The van der Waals surface area contributed by atoms with Gasteiger partial charge in [-0.05, 0) is 29.1 Å². The molecule has 0 saturated carbocycles. The van der Waals surface area contributed by atoms with Crippen LogP contribution in [-0.2, 0) is 6.54 Å². The zero-order chi connectivity index (χ0) is 16.6. The molecular weight excluding hydrogens is 337 g/mol. The van der Waals surface area contributed by atoms with Gasteiger partial charge in [0.2, 0.25) is 0 Å². The van der Waals surface area contributed by atoms with Crippen LogP contribution in [0.1, 0.15) is 15.9 Å². The van der Waals surface area contributed by atoms with Crippen LogP contribution in [0.4, 0.5) is 0 Å². The number of nitrogens with zero attached hydrogens (tertiary/aromatic N) is 1. The molecule has 116 valence electrons. The number of rotatable bonds is 3. The number of benzene rings is 2. The lowest BCUT2D eigenvalue weighted by Gasteiger charge is -2.13. The van der Waals surface area contributed by atoms with E-state index < -0.39 is 11.5 Å². The molecule has 1 aromatic heterocycles. The third-order valence-electron chi connectivity index (χ3n) is 3.59. The van der Waals surface area contributed by atoms with E-state index >= 15 is 0 Å². The van der Waals surface area contributed by atoms with Crippen molar-refractivity contribution in [1.29, 1.82) is 0 Å². The Balaban J connectivity index is 2.27. The number of aromatic nitrogens is 1. The zero-order valence-electron chi connectivity index (χ0n) is 11.8. The van der Waals surface area contributed by atoms with Gasteiger partial charge in [0, 0.05) is 0 Å². The van der Waals surface area contributed by atoms with E-state index in [2.05, 4.69) is 0 Å². The number of carboxylic acid groups (broad SMARTS) is 1. The Morgan fingerprint density at radius 2 is 1.83 bits per heavy atom. The van der Waals surface area contributed by atoms with E-state index in [-0.39, 0.29) is 12.1 Å². The molecule has 1 heterocycles. The topological polar surface area (TPSA) is 59.3 Å². The average molecular weight is 348 g/mol. The van der Waals surface area contributed by atoms with E-state index in [1.165, 1.54) is 10.6 Å². The highest BCUT2D eigenvalue weighted by atomic mass is 35.5. The summed E-state index contributed by atoms with van der Waals surface area (Å²) in [4.78, 5) is 23.9. The van der Waals surface area contributed by atoms with Crippen molar-refractivity contribution in [3.8, 4) is 0 Å². The fourth-order valence-electron chi connectivity index (χ4n) is 2.48. The number of para-hydroxylation sites is 1. The molecule has 23 heavy (non-hydrogen) atoms. The summed E-state index contributed by atoms with van der Waals surface area (Å²) in [6.07, 6.45) is 0. The first-order valence-electron chi connectivity index (χ1n) is 6.78. The summed E-state index contributed by atoms with van der Waals surface area (Å²) in [5, 5.41) is 10.7. The molecule has 3 rings (SSSR count). The van der Waals surface area contributed by atoms with Gasteiger partial charge in [-0.1, -0.05) is 53.5 Å². The number of halogens is 2. The van der Waals surface area contributed by atoms with E-state index in [1.54, 1.807) is 42.5 Å². The Hall–Kier alpha value is -2.30. The SMILES string of the molecule is O=C(O)c1cc2ccccc2n(Cc2cccc(Cl)c2Cl)c1=O. The molecule has 6 heteroatoms. The van der Waals surface area contributed by atoms with Gasteiger partial charge in [-0.15, -0.1) is 0 Å². The molecular formula is C17H11Cl2NO3. The van der Waals surface area contributed by atoms with Crippen LogP contribution >= 0.6 is 23.2 Å². The van der Waals surface area contributed by atoms with Gasteiger partial charge in [0.15, 0.2) is 0 Å². The van der Waals surface area contributed by atoms with E-state index in [4.69, 9.17) is 23.2 Å². The van der Waals surface area contributed by atoms with Crippen molar-refractivity contribution in [2.24, 2.45) is 0 Å². The Labute approximate surface area is 141 Å². The first-order chi connectivity index (χ1) is 11.0. The maximum absolute atomic E-state index is 12.5. The van der Waals surface area contributed by atoms with Gasteiger partial charge in [-0.3, -0.25) is 4.79 Å². The number of pyridine rings is 1. The van der Waals surface area contributed by atoms with Gasteiger partial charge in [-0.25, -0.2) is 4.79 Å². The molecule has 0 fully saturated rings. The largest absolute Gasteiger partial charge is 0.477 e. The van der Waals surface area contributed by atoms with Crippen molar-refractivity contribution in [3.63, 3.8) is 0 Å². The van der Waals surface area contributed by atoms with E-state index in [0.29, 0.717) is 26.5 Å². The van der Waals surface area contributed by atoms with Crippen molar-refractivity contribution >= 4 is 40.1 Å². The maximum Gasteiger partial charge on any atom is 0.341 e. The highest BCUT2D eigenvalue weighted by molar-refractivity contribution is 6.42. The highest BCUT2D eigenvalue weighted by Crippen LogP contribution is 2.26. The maximum atomic E-state index is 12.5. The molecule has 3 aromatic rings. The van der Waals surface area contributed by atoms with Gasteiger partial charge in [0.1, 0.15) is 5.56 Å². The van der Waals surface area contributed by atoms with Crippen molar-refractivity contribution in [2.45, 2.75) is 6.54 Å². The summed E-state index contributed by atoms with van der Waals surface area (Å²) >= 11 is 12.2. The lowest BCUT2D eigenvalue weighted by molar-refractivity contribution is 0.0694. The van der Waals surface area contributed by atoms with Crippen LogP contribution in [-0.4, -0.2) is 15.6 Å². The molecule has 0 saturated heterocycles. The molecule has 0 aliphatic heterocycles. The smallest absolute Gasteiger partial charge is 0.341 e. The van der Waals surface area contributed by atoms with Crippen LogP contribution in [0.2, 0.25) is 10.0 Å². The van der Waals surface area contributed by atoms with E-state index in [0.717, 1.165) is 0 Å². The standard InChI is InChI=1S/C17H11Cl2NO3/c18-13-6-3-5-11(15(13)19)9-20-14-7-2-1-4-10(14)8-12(16(20)21)17(22)23/h1-8H,9H2,(H,22,23). The third kappa shape index (κ3) is 2.83. The molecule has 0 bridgehead atoms. The summed E-state index contributed by atoms with van der Waals surface area (Å²) in [6, 6.07) is 13.6. The summed E-state index contributed by atoms with van der Waals surface area (Å²) in [5.74, 6) is -1.26. The summed E-state index contributed by atoms with van der Waals surface area (Å²) in [7, 11) is 0. The Morgan fingerprint density at radius 1 is 1.09 bits per heavy atom. The number of carbonyl (C=O) groups is 1. The second kappa shape index (κ2) is 6.07. The number of aromatic carboxylic acids is 1. The number of carboxylic acids is 1. The van der Waals surface area contributed by atoms with Crippen LogP contribution < -0.4 is 5.56 Å². The summed E-state index contributed by atoms with van der Waals surface area (Å²) in [6.45, 7) is 0.139. The van der Waals surface area contributed by atoms with Crippen LogP contribution in [0.5, 0.6) is 0 Å². The number of hydrogen-bond acceptors (Lipinski definition) is 2. The molecule has 4 nitrogen and oxygen atoms in total. The van der Waals surface area contributed by atoms with Gasteiger partial charge >= 0.3 is 5.97 Å². The lowest BCUT2D eigenvalue weighted by Crippen LogP contribution is -2.27. The Kier molecular flexibility index (Phi) is 4.11. The monoisotopic (exact) mass is 347 g/mol. The molecule has 0 atom stereocenters. The van der Waals surface area contributed by atoms with Crippen molar-refractivity contribution in [2.75, 3.05) is 0 Å². The normalized spacial score (nSPS) is 10.9. The predicted octanol–water partition coefficient (Wildman–Crippen LogP) is 4.05. The van der Waals surface area contributed by atoms with E-state index in [9.17, 15) is 14.7 Å². The van der Waals surface area contributed by atoms with Crippen LogP contribution in [0.15, 0.2) is 53.3 Å². The van der Waals surface area contributed by atoms with Gasteiger partial charge in [0.05, 0.1) is 22.1 Å². The molecule has 0 aliphatic carbocycles. The predicted molar refractivity (Wildman–Crippen MR) is 90.7 cm³/mol. The molecule has 0 unspecified atom stereocenters. The fraction of sp³-hybridized carbons (Fsp3) is 0.0588. The van der Waals surface area contributed by atoms with Crippen LogP contribution in [0.25, 0.3) is 10.9 Å². The van der Waals surface area contributed by atoms with Crippen molar-refractivity contribution in [1.82, 2.24) is 4.57 Å². The van der Waals surface area contributed by atoms with Gasteiger partial charge < -0.3 is 9.67 Å². The van der Waals surface area contributed by atoms with E-state index in [1.807, 2.05) is 0 Å². The van der Waals surface area contributed by atoms with Crippen LogP contribution in [0, 0.1) is 0 Å². The number of hydrogen-bond donors (Lipinski definition) is 1. The molecule has 0 radical (unpaired) electrons. The molecule has 2 aromatic carbocycles. The van der Waals surface area contributed by atoms with Crippen molar-refractivity contribution < 1.29 is 9.90 Å². The minimum Gasteiger partial charge on any atom is -0.477 e. The average Bonchev–Trinajstić information content (AvgIpc) is 2.53. The third-order valence-corrected chi connectivity index (χ3v) is 4.45. The molecule has 0 amide bonds. The first kappa shape index (κ1) is 15.6. The Morgan fingerprint density at radius 3 is 2.57 bits per heavy atom. The fourth-order valence-corrected chi connectivity index (χ4v) is 2.86. The van der Waals surface area contributed by atoms with Gasteiger partial charge in [-0.2, -0.15) is 0 Å². The zero-order valence-corrected chi connectivity index (χ0v) is 13.3. The second-order valence-electron chi connectivity index (χ2n) is 5.03. The highest BCUT2D eigenvalue weighted by Gasteiger charge is 2.16. The first-order valence-corrected chi connectivity index (χ1v) is 7.53. The van der Waals surface area contributed by atoms with Crippen molar-refractivity contribution in [3.05, 3.63) is 80.1 Å². The molecule has 0 spiro atoms. The lowest BCUT2D eigenvalue weighted by atomic mass is 10.1. The quantitative estimate of drug-likeness (QED) is 0.777. The molecule has 1 N–H and O–H groups in total. The number of fused-ring (bicyclic) bond motifs is 1. The summed E-state index contributed by atoms with van der Waals surface area (Å²) in [5.41, 5.74) is 0.432. The minimum atomic E-state index is -1.26. The Bertz CT molecular complexity index is 979.